The predicted octanol–water partition coefficient (Wildman–Crippen LogP) is 0.00780. The number of amides is 2. The van der Waals surface area contributed by atoms with E-state index in [1.807, 2.05) is 0 Å². The van der Waals surface area contributed by atoms with Crippen LogP contribution < -0.4 is 0 Å². The van der Waals surface area contributed by atoms with E-state index in [1.54, 1.807) is 11.9 Å². The van der Waals surface area contributed by atoms with Crippen LogP contribution in [0.2, 0.25) is 0 Å². The van der Waals surface area contributed by atoms with Crippen molar-refractivity contribution in [1.82, 2.24) is 9.80 Å². The van der Waals surface area contributed by atoms with Crippen molar-refractivity contribution in [2.75, 3.05) is 33.8 Å². The van der Waals surface area contributed by atoms with Crippen molar-refractivity contribution >= 4 is 18.0 Å². The average molecular weight is 258 g/mol. The summed E-state index contributed by atoms with van der Waals surface area (Å²) >= 11 is 0. The van der Waals surface area contributed by atoms with Crippen LogP contribution in [0.3, 0.4) is 0 Å². The Morgan fingerprint density at radius 3 is 2.50 bits per heavy atom. The number of carboxylic acid groups (broad SMARTS) is 1. The van der Waals surface area contributed by atoms with Gasteiger partial charge in [0.15, 0.2) is 0 Å². The minimum absolute atomic E-state index is 0.0421. The molecular formula is C11H18N2O5. The molecule has 1 rings (SSSR count). The van der Waals surface area contributed by atoms with E-state index in [0.29, 0.717) is 19.6 Å². The van der Waals surface area contributed by atoms with Crippen LogP contribution in [-0.4, -0.2) is 66.7 Å². The van der Waals surface area contributed by atoms with E-state index in [1.165, 1.54) is 12.0 Å². The van der Waals surface area contributed by atoms with Crippen molar-refractivity contribution in [3.05, 3.63) is 0 Å². The van der Waals surface area contributed by atoms with Crippen LogP contribution in [-0.2, 0) is 14.3 Å². The summed E-state index contributed by atoms with van der Waals surface area (Å²) in [7, 11) is 2.91. The lowest BCUT2D eigenvalue weighted by atomic mass is 9.97. The van der Waals surface area contributed by atoms with Gasteiger partial charge >= 0.3 is 18.0 Å². The topological polar surface area (TPSA) is 87.2 Å². The first-order valence-electron chi connectivity index (χ1n) is 5.72. The molecule has 1 aliphatic rings. The van der Waals surface area contributed by atoms with Crippen molar-refractivity contribution in [3.63, 3.8) is 0 Å². The highest BCUT2D eigenvalue weighted by Crippen LogP contribution is 2.20. The number of ether oxygens (including phenoxy) is 1. The van der Waals surface area contributed by atoms with Crippen LogP contribution in [0.1, 0.15) is 12.8 Å². The third-order valence-electron chi connectivity index (χ3n) is 2.90. The highest BCUT2D eigenvalue weighted by Gasteiger charge is 2.33. The minimum Gasteiger partial charge on any atom is -0.481 e. The van der Waals surface area contributed by atoms with Crippen LogP contribution in [0.5, 0.6) is 0 Å². The Bertz CT molecular complexity index is 338. The summed E-state index contributed by atoms with van der Waals surface area (Å²) in [5.41, 5.74) is 0. The molecule has 0 bridgehead atoms. The molecule has 1 saturated heterocycles. The number of carbonyl (C=O) groups excluding carboxylic acids is 2. The number of esters is 1. The van der Waals surface area contributed by atoms with Gasteiger partial charge in [-0.15, -0.1) is 0 Å². The maximum absolute atomic E-state index is 11.8. The lowest BCUT2D eigenvalue weighted by Gasteiger charge is -2.40. The normalized spacial score (nSPS) is 14.9. The fourth-order valence-electron chi connectivity index (χ4n) is 1.80. The van der Waals surface area contributed by atoms with Crippen molar-refractivity contribution in [1.29, 1.82) is 0 Å². The maximum atomic E-state index is 11.8. The van der Waals surface area contributed by atoms with Gasteiger partial charge in [0.2, 0.25) is 0 Å². The van der Waals surface area contributed by atoms with Crippen molar-refractivity contribution in [3.8, 4) is 0 Å². The number of aliphatic carboxylic acids is 1. The molecule has 0 aromatic rings. The van der Waals surface area contributed by atoms with E-state index < -0.39 is 5.97 Å². The molecule has 0 unspecified atom stereocenters. The van der Waals surface area contributed by atoms with Crippen LogP contribution in [0.25, 0.3) is 0 Å². The second kappa shape index (κ2) is 6.23. The number of hydrogen-bond donors (Lipinski definition) is 1. The zero-order chi connectivity index (χ0) is 13.7. The summed E-state index contributed by atoms with van der Waals surface area (Å²) in [5.74, 6) is -1.16. The molecule has 0 saturated carbocycles. The molecule has 7 nitrogen and oxygen atoms in total. The number of nitrogens with zero attached hydrogens (tertiary/aromatic N) is 2. The molecule has 1 fully saturated rings. The Balaban J connectivity index is 2.25. The molecule has 1 heterocycles. The predicted molar refractivity (Wildman–Crippen MR) is 62.0 cm³/mol. The largest absolute Gasteiger partial charge is 0.481 e. The number of urea groups is 1. The lowest BCUT2D eigenvalue weighted by Crippen LogP contribution is -2.54. The fraction of sp³-hybridized carbons (Fsp3) is 0.727. The van der Waals surface area contributed by atoms with E-state index in [-0.39, 0.29) is 30.8 Å². The summed E-state index contributed by atoms with van der Waals surface area (Å²) in [6.45, 7) is 1.23. The molecule has 0 radical (unpaired) electrons. The number of carbonyl (C=O) groups is 3. The number of carboxylic acids is 1. The summed E-state index contributed by atoms with van der Waals surface area (Å²) < 4.78 is 4.49. The number of likely N-dealkylation sites (tertiary alicyclic amines) is 1. The van der Waals surface area contributed by atoms with Gasteiger partial charge in [0, 0.05) is 32.6 Å². The average Bonchev–Trinajstić information content (AvgIpc) is 2.28. The first-order chi connectivity index (χ1) is 8.43. The summed E-state index contributed by atoms with van der Waals surface area (Å²) in [6, 6.07) is -0.180. The van der Waals surface area contributed by atoms with Crippen LogP contribution in [0.4, 0.5) is 4.79 Å². The van der Waals surface area contributed by atoms with E-state index in [0.717, 1.165) is 0 Å². The molecule has 0 atom stereocenters. The molecule has 7 heteroatoms. The molecule has 1 aliphatic heterocycles. The number of rotatable bonds is 5. The third-order valence-corrected chi connectivity index (χ3v) is 2.90. The summed E-state index contributed by atoms with van der Waals surface area (Å²) in [4.78, 5) is 36.2. The Hall–Kier alpha value is -1.79. The SMILES string of the molecule is COC(=O)CCN(C)C(=O)N1CC(CC(=O)O)C1. The number of methoxy groups -OCH3 is 1. The van der Waals surface area contributed by atoms with Gasteiger partial charge < -0.3 is 19.6 Å². The Kier molecular flexibility index (Phi) is 4.94. The lowest BCUT2D eigenvalue weighted by molar-refractivity contribution is -0.141. The van der Waals surface area contributed by atoms with Crippen molar-refractivity contribution in [2.45, 2.75) is 12.8 Å². The fourth-order valence-corrected chi connectivity index (χ4v) is 1.80. The van der Waals surface area contributed by atoms with Crippen LogP contribution in [0.15, 0.2) is 0 Å². The third kappa shape index (κ3) is 3.90. The monoisotopic (exact) mass is 258 g/mol. The Morgan fingerprint density at radius 2 is 2.00 bits per heavy atom. The van der Waals surface area contributed by atoms with Crippen LogP contribution >= 0.6 is 0 Å². The zero-order valence-corrected chi connectivity index (χ0v) is 10.6. The highest BCUT2D eigenvalue weighted by atomic mass is 16.5. The summed E-state index contributed by atoms with van der Waals surface area (Å²) in [5, 5.41) is 8.59. The van der Waals surface area contributed by atoms with Gasteiger partial charge in [-0.2, -0.15) is 0 Å². The smallest absolute Gasteiger partial charge is 0.319 e. The van der Waals surface area contributed by atoms with Gasteiger partial charge in [0.25, 0.3) is 0 Å². The van der Waals surface area contributed by atoms with Gasteiger partial charge in [-0.25, -0.2) is 4.79 Å². The second-order valence-corrected chi connectivity index (χ2v) is 4.40. The molecule has 2 amide bonds. The van der Waals surface area contributed by atoms with E-state index in [9.17, 15) is 14.4 Å². The molecule has 0 aliphatic carbocycles. The minimum atomic E-state index is -0.842. The highest BCUT2D eigenvalue weighted by molar-refractivity contribution is 5.76. The first-order valence-corrected chi connectivity index (χ1v) is 5.72. The number of hydrogen-bond acceptors (Lipinski definition) is 4. The second-order valence-electron chi connectivity index (χ2n) is 4.40. The molecule has 1 N–H and O–H groups in total. The Labute approximate surface area is 105 Å². The van der Waals surface area contributed by atoms with Gasteiger partial charge in [-0.3, -0.25) is 9.59 Å². The maximum Gasteiger partial charge on any atom is 0.319 e. The molecule has 102 valence electrons. The first kappa shape index (κ1) is 14.3. The van der Waals surface area contributed by atoms with Crippen LogP contribution in [0, 0.1) is 5.92 Å². The van der Waals surface area contributed by atoms with Gasteiger partial charge in [-0.05, 0) is 0 Å². The molecule has 0 spiro atoms. The molecular weight excluding hydrogens is 240 g/mol. The van der Waals surface area contributed by atoms with Crippen molar-refractivity contribution in [2.24, 2.45) is 5.92 Å². The zero-order valence-electron chi connectivity index (χ0n) is 10.6. The van der Waals surface area contributed by atoms with E-state index in [4.69, 9.17) is 5.11 Å². The quantitative estimate of drug-likeness (QED) is 0.702. The summed E-state index contributed by atoms with van der Waals surface area (Å²) in [6.07, 6.45) is 0.251. The van der Waals surface area contributed by atoms with Crippen molar-refractivity contribution < 1.29 is 24.2 Å². The standard InChI is InChI=1S/C11H18N2O5/c1-12(4-3-10(16)18-2)11(17)13-6-8(7-13)5-9(14)15/h8H,3-7H2,1-2H3,(H,14,15). The van der Waals surface area contributed by atoms with Gasteiger partial charge in [-0.1, -0.05) is 0 Å². The van der Waals surface area contributed by atoms with E-state index in [2.05, 4.69) is 4.74 Å². The van der Waals surface area contributed by atoms with E-state index >= 15 is 0 Å². The molecule has 0 aromatic heterocycles. The Morgan fingerprint density at radius 1 is 1.39 bits per heavy atom. The van der Waals surface area contributed by atoms with Gasteiger partial charge in [0.05, 0.1) is 20.0 Å². The van der Waals surface area contributed by atoms with Gasteiger partial charge in [0.1, 0.15) is 0 Å². The molecule has 18 heavy (non-hydrogen) atoms. The molecule has 0 aromatic carbocycles.